The molecule has 0 N–H and O–H groups in total. The lowest BCUT2D eigenvalue weighted by Gasteiger charge is -1.98. The molecule has 0 unspecified atom stereocenters. The van der Waals surface area contributed by atoms with Crippen molar-refractivity contribution in [2.75, 3.05) is 6.26 Å². The van der Waals surface area contributed by atoms with E-state index in [1.165, 1.54) is 6.26 Å². The summed E-state index contributed by atoms with van der Waals surface area (Å²) in [5.41, 5.74) is 0.727. The van der Waals surface area contributed by atoms with Gasteiger partial charge in [0.05, 0.1) is 5.75 Å². The Kier molecular flexibility index (Phi) is 5.81. The van der Waals surface area contributed by atoms with E-state index in [1.807, 2.05) is 13.8 Å². The number of sulfone groups is 1. The summed E-state index contributed by atoms with van der Waals surface area (Å²) in [5, 5.41) is 0.566. The molecule has 14 heavy (non-hydrogen) atoms. The van der Waals surface area contributed by atoms with Gasteiger partial charge in [-0.1, -0.05) is 37.6 Å². The zero-order chi connectivity index (χ0) is 11.2. The number of hydrogen-bond acceptors (Lipinski definition) is 2. The fourth-order valence-electron chi connectivity index (χ4n) is 0.929. The predicted octanol–water partition coefficient (Wildman–Crippen LogP) is 2.91. The van der Waals surface area contributed by atoms with Crippen molar-refractivity contribution in [1.29, 1.82) is 0 Å². The highest BCUT2D eigenvalue weighted by molar-refractivity contribution is 7.89. The Hall–Kier alpha value is -0.540. The average Bonchev–Trinajstić information content (AvgIpc) is 2.04. The molecule has 0 radical (unpaired) electrons. The fraction of sp³-hybridized carbons (Fsp3) is 0.400. The van der Waals surface area contributed by atoms with Crippen molar-refractivity contribution in [1.82, 2.24) is 0 Å². The van der Waals surface area contributed by atoms with E-state index >= 15 is 0 Å². The van der Waals surface area contributed by atoms with E-state index in [9.17, 15) is 8.42 Å². The van der Waals surface area contributed by atoms with Gasteiger partial charge in [-0.2, -0.15) is 0 Å². The molecule has 0 aliphatic rings. The predicted molar refractivity (Wildman–Crippen MR) is 61.3 cm³/mol. The lowest BCUT2D eigenvalue weighted by molar-refractivity contribution is 0.601. The highest BCUT2D eigenvalue weighted by Gasteiger charge is 2.03. The van der Waals surface area contributed by atoms with Gasteiger partial charge in [0.1, 0.15) is 0 Å². The molecule has 0 bridgehead atoms. The quantitative estimate of drug-likeness (QED) is 0.789. The van der Waals surface area contributed by atoms with Crippen LogP contribution in [0, 0.1) is 0 Å². The fourth-order valence-corrected chi connectivity index (χ4v) is 1.93. The van der Waals surface area contributed by atoms with E-state index < -0.39 is 9.84 Å². The summed E-state index contributed by atoms with van der Waals surface area (Å²) in [6.07, 6.45) is 1.20. The summed E-state index contributed by atoms with van der Waals surface area (Å²) in [5.74, 6) is 0.0492. The van der Waals surface area contributed by atoms with Crippen molar-refractivity contribution in [3.63, 3.8) is 0 Å². The Morgan fingerprint density at radius 1 is 1.29 bits per heavy atom. The molecular weight excluding hydrogens is 220 g/mol. The van der Waals surface area contributed by atoms with Crippen molar-refractivity contribution < 1.29 is 8.42 Å². The van der Waals surface area contributed by atoms with Crippen molar-refractivity contribution >= 4 is 21.4 Å². The van der Waals surface area contributed by atoms with E-state index in [0.717, 1.165) is 5.56 Å². The zero-order valence-corrected chi connectivity index (χ0v) is 10.2. The van der Waals surface area contributed by atoms with Crippen LogP contribution in [0.25, 0.3) is 0 Å². The van der Waals surface area contributed by atoms with Crippen LogP contribution in [0.4, 0.5) is 0 Å². The van der Waals surface area contributed by atoms with Crippen LogP contribution in [0.1, 0.15) is 19.4 Å². The maximum Gasteiger partial charge on any atom is 0.151 e. The molecule has 0 aliphatic heterocycles. The lowest BCUT2D eigenvalue weighted by Crippen LogP contribution is -2.00. The summed E-state index contributed by atoms with van der Waals surface area (Å²) in [4.78, 5) is 0. The zero-order valence-electron chi connectivity index (χ0n) is 8.62. The summed E-state index contributed by atoms with van der Waals surface area (Å²) < 4.78 is 21.7. The van der Waals surface area contributed by atoms with Gasteiger partial charge < -0.3 is 0 Å². The number of halogens is 1. The molecule has 0 saturated heterocycles. The molecule has 0 atom stereocenters. The molecule has 0 amide bonds. The minimum Gasteiger partial charge on any atom is -0.229 e. The maximum atomic E-state index is 10.9. The van der Waals surface area contributed by atoms with Gasteiger partial charge in [-0.05, 0) is 17.7 Å². The van der Waals surface area contributed by atoms with Gasteiger partial charge in [0.25, 0.3) is 0 Å². The van der Waals surface area contributed by atoms with Gasteiger partial charge in [-0.3, -0.25) is 0 Å². The second-order valence-corrected chi connectivity index (χ2v) is 5.28. The minimum absolute atomic E-state index is 0.0492. The molecule has 80 valence electrons. The molecular formula is C10H15ClO2S. The standard InChI is InChI=1S/C8H9ClO2S.C2H6/c1-12(10,11)6-7-3-2-4-8(9)5-7;1-2/h2-5H,6H2,1H3;1-2H3. The van der Waals surface area contributed by atoms with Gasteiger partial charge in [-0.15, -0.1) is 0 Å². The first-order valence-corrected chi connectivity index (χ1v) is 6.83. The van der Waals surface area contributed by atoms with Crippen LogP contribution in [0.15, 0.2) is 24.3 Å². The SMILES string of the molecule is CC.CS(=O)(=O)Cc1cccc(Cl)c1. The average molecular weight is 235 g/mol. The first-order valence-electron chi connectivity index (χ1n) is 4.39. The minimum atomic E-state index is -2.95. The van der Waals surface area contributed by atoms with E-state index in [0.29, 0.717) is 5.02 Å². The normalized spacial score (nSPS) is 10.3. The molecule has 1 rings (SSSR count). The second kappa shape index (κ2) is 6.04. The van der Waals surface area contributed by atoms with E-state index in [2.05, 4.69) is 0 Å². The van der Waals surface area contributed by atoms with Crippen LogP contribution in [-0.4, -0.2) is 14.7 Å². The highest BCUT2D eigenvalue weighted by Crippen LogP contribution is 2.12. The Morgan fingerprint density at radius 2 is 1.86 bits per heavy atom. The first-order chi connectivity index (χ1) is 6.47. The van der Waals surface area contributed by atoms with Crippen molar-refractivity contribution in [3.8, 4) is 0 Å². The van der Waals surface area contributed by atoms with Crippen LogP contribution in [0.2, 0.25) is 5.02 Å². The highest BCUT2D eigenvalue weighted by atomic mass is 35.5. The molecule has 0 heterocycles. The molecule has 0 fully saturated rings. The molecule has 0 aliphatic carbocycles. The molecule has 0 saturated carbocycles. The van der Waals surface area contributed by atoms with Crippen LogP contribution in [0.3, 0.4) is 0 Å². The molecule has 0 spiro atoms. The topological polar surface area (TPSA) is 34.1 Å². The summed E-state index contributed by atoms with van der Waals surface area (Å²) in [7, 11) is -2.95. The number of rotatable bonds is 2. The summed E-state index contributed by atoms with van der Waals surface area (Å²) in [6.45, 7) is 4.00. The molecule has 2 nitrogen and oxygen atoms in total. The van der Waals surface area contributed by atoms with E-state index in [-0.39, 0.29) is 5.75 Å². The molecule has 4 heteroatoms. The molecule has 1 aromatic rings. The third-order valence-corrected chi connectivity index (χ3v) is 2.41. The number of hydrogen-bond donors (Lipinski definition) is 0. The summed E-state index contributed by atoms with van der Waals surface area (Å²) >= 11 is 5.68. The number of benzene rings is 1. The maximum absolute atomic E-state index is 10.9. The van der Waals surface area contributed by atoms with Gasteiger partial charge in [0.2, 0.25) is 0 Å². The van der Waals surface area contributed by atoms with Crippen LogP contribution >= 0.6 is 11.6 Å². The first kappa shape index (κ1) is 13.5. The van der Waals surface area contributed by atoms with Crippen molar-refractivity contribution in [3.05, 3.63) is 34.9 Å². The van der Waals surface area contributed by atoms with E-state index in [4.69, 9.17) is 11.6 Å². The Morgan fingerprint density at radius 3 is 2.29 bits per heavy atom. The van der Waals surface area contributed by atoms with Crippen LogP contribution < -0.4 is 0 Å². The largest absolute Gasteiger partial charge is 0.229 e. The van der Waals surface area contributed by atoms with Crippen LogP contribution in [0.5, 0.6) is 0 Å². The smallest absolute Gasteiger partial charge is 0.151 e. The van der Waals surface area contributed by atoms with Gasteiger partial charge in [0.15, 0.2) is 9.84 Å². The van der Waals surface area contributed by atoms with Gasteiger partial charge in [-0.25, -0.2) is 8.42 Å². The Labute approximate surface area is 90.8 Å². The third kappa shape index (κ3) is 6.00. The lowest BCUT2D eigenvalue weighted by atomic mass is 10.2. The monoisotopic (exact) mass is 234 g/mol. The molecule has 0 aromatic heterocycles. The Balaban J connectivity index is 0.000000791. The molecule has 1 aromatic carbocycles. The van der Waals surface area contributed by atoms with Crippen molar-refractivity contribution in [2.24, 2.45) is 0 Å². The van der Waals surface area contributed by atoms with Gasteiger partial charge >= 0.3 is 0 Å². The summed E-state index contributed by atoms with van der Waals surface area (Å²) in [6, 6.07) is 6.85. The van der Waals surface area contributed by atoms with E-state index in [1.54, 1.807) is 24.3 Å². The second-order valence-electron chi connectivity index (χ2n) is 2.70. The van der Waals surface area contributed by atoms with Crippen molar-refractivity contribution in [2.45, 2.75) is 19.6 Å². The van der Waals surface area contributed by atoms with Gasteiger partial charge in [0, 0.05) is 11.3 Å². The Bertz CT molecular complexity index is 371. The third-order valence-electron chi connectivity index (χ3n) is 1.32. The van der Waals surface area contributed by atoms with Crippen LogP contribution in [-0.2, 0) is 15.6 Å².